The van der Waals surface area contributed by atoms with Gasteiger partial charge in [0.15, 0.2) is 17.0 Å². The Morgan fingerprint density at radius 1 is 1.09 bits per heavy atom. The highest BCUT2D eigenvalue weighted by molar-refractivity contribution is 6.26. The Morgan fingerprint density at radius 3 is 2.22 bits per heavy atom. The van der Waals surface area contributed by atoms with Gasteiger partial charge in [-0.25, -0.2) is 9.18 Å². The second-order valence-corrected chi connectivity index (χ2v) is 5.24. The summed E-state index contributed by atoms with van der Waals surface area (Å²) in [4.78, 5) is 48.6. The lowest BCUT2D eigenvalue weighted by Crippen LogP contribution is -2.46. The Labute approximate surface area is 130 Å². The normalized spacial score (nSPS) is 21.6. The van der Waals surface area contributed by atoms with Crippen LogP contribution in [0.3, 0.4) is 0 Å². The van der Waals surface area contributed by atoms with Gasteiger partial charge in [0, 0.05) is 25.1 Å². The molecule has 2 rings (SSSR count). The summed E-state index contributed by atoms with van der Waals surface area (Å²) in [5.74, 6) is -4.02. The van der Waals surface area contributed by atoms with Crippen LogP contribution in [-0.2, 0) is 9.59 Å². The third-order valence-electron chi connectivity index (χ3n) is 3.97. The number of hydrogen-bond acceptors (Lipinski definition) is 4. The Hall–Kier alpha value is -2.77. The maximum Gasteiger partial charge on any atom is 0.407 e. The molecular weight excluding hydrogens is 309 g/mol. The Bertz CT molecular complexity index is 671. The summed E-state index contributed by atoms with van der Waals surface area (Å²) in [6, 6.07) is 4.20. The lowest BCUT2D eigenvalue weighted by atomic mass is 9.73. The molecule has 8 heteroatoms. The van der Waals surface area contributed by atoms with Gasteiger partial charge < -0.3 is 15.1 Å². The number of likely N-dealkylation sites (tertiary alicyclic amines) is 1. The zero-order valence-corrected chi connectivity index (χ0v) is 12.0. The van der Waals surface area contributed by atoms with Crippen molar-refractivity contribution >= 4 is 23.6 Å². The van der Waals surface area contributed by atoms with Crippen molar-refractivity contribution in [2.24, 2.45) is 5.41 Å². The molecule has 0 bridgehead atoms. The molecule has 1 unspecified atom stereocenters. The number of ketones is 2. The maximum atomic E-state index is 13.0. The standard InChI is InChI=1S/C15H14FNO6/c16-10-3-1-9(2-4-10)12(19)15(13(20)21)6-8-17(14(22)23)7-5-11(15)18/h1-4H,5-8H2,(H,20,21)(H,22,23). The Balaban J connectivity index is 2.44. The first-order valence-corrected chi connectivity index (χ1v) is 6.84. The number of rotatable bonds is 3. The van der Waals surface area contributed by atoms with Crippen molar-refractivity contribution in [2.45, 2.75) is 12.8 Å². The smallest absolute Gasteiger partial charge is 0.407 e. The average Bonchev–Trinajstić information content (AvgIpc) is 2.67. The molecule has 1 aromatic carbocycles. The summed E-state index contributed by atoms with van der Waals surface area (Å²) in [5, 5.41) is 18.5. The zero-order valence-electron chi connectivity index (χ0n) is 12.0. The van der Waals surface area contributed by atoms with E-state index in [9.17, 15) is 28.7 Å². The van der Waals surface area contributed by atoms with Gasteiger partial charge in [-0.05, 0) is 30.7 Å². The molecule has 1 fully saturated rings. The summed E-state index contributed by atoms with van der Waals surface area (Å²) in [6.07, 6.45) is -2.11. The highest BCUT2D eigenvalue weighted by atomic mass is 19.1. The van der Waals surface area contributed by atoms with Crippen LogP contribution in [0.2, 0.25) is 0 Å². The molecule has 122 valence electrons. The van der Waals surface area contributed by atoms with E-state index in [1.165, 1.54) is 0 Å². The maximum absolute atomic E-state index is 13.0. The number of halogens is 1. The summed E-state index contributed by atoms with van der Waals surface area (Å²) in [7, 11) is 0. The van der Waals surface area contributed by atoms with Crippen LogP contribution < -0.4 is 0 Å². The van der Waals surface area contributed by atoms with E-state index in [-0.39, 0.29) is 25.1 Å². The number of aliphatic carboxylic acids is 1. The van der Waals surface area contributed by atoms with Crippen LogP contribution in [0, 0.1) is 11.2 Å². The molecule has 0 radical (unpaired) electrons. The molecule has 0 aliphatic carbocycles. The number of carboxylic acids is 1. The van der Waals surface area contributed by atoms with Crippen molar-refractivity contribution in [3.63, 3.8) is 0 Å². The van der Waals surface area contributed by atoms with E-state index < -0.39 is 41.3 Å². The fourth-order valence-electron chi connectivity index (χ4n) is 2.61. The van der Waals surface area contributed by atoms with Gasteiger partial charge in [-0.2, -0.15) is 0 Å². The van der Waals surface area contributed by atoms with Gasteiger partial charge in [0.2, 0.25) is 0 Å². The minimum atomic E-state index is -2.35. The molecule has 1 heterocycles. The number of amides is 1. The van der Waals surface area contributed by atoms with Gasteiger partial charge in [-0.1, -0.05) is 0 Å². The topological polar surface area (TPSA) is 112 Å². The first kappa shape index (κ1) is 16.6. The van der Waals surface area contributed by atoms with E-state index in [2.05, 4.69) is 0 Å². The molecule has 1 aliphatic heterocycles. The van der Waals surface area contributed by atoms with Crippen LogP contribution in [0.4, 0.5) is 9.18 Å². The van der Waals surface area contributed by atoms with E-state index in [4.69, 9.17) is 5.11 Å². The first-order chi connectivity index (χ1) is 10.8. The van der Waals surface area contributed by atoms with Gasteiger partial charge >= 0.3 is 12.1 Å². The van der Waals surface area contributed by atoms with Crippen LogP contribution >= 0.6 is 0 Å². The Kier molecular flexibility index (Phi) is 4.44. The number of Topliss-reactive ketones (excluding diaryl/α,β-unsaturated/α-hetero) is 2. The second kappa shape index (κ2) is 6.15. The molecule has 2 N–H and O–H groups in total. The third kappa shape index (κ3) is 2.92. The zero-order chi connectivity index (χ0) is 17.2. The molecule has 1 amide bonds. The number of benzene rings is 1. The van der Waals surface area contributed by atoms with Gasteiger partial charge in [-0.3, -0.25) is 14.4 Å². The van der Waals surface area contributed by atoms with Crippen LogP contribution in [0.1, 0.15) is 23.2 Å². The fourth-order valence-corrected chi connectivity index (χ4v) is 2.61. The summed E-state index contributed by atoms with van der Waals surface area (Å²) in [5.41, 5.74) is -2.45. The second-order valence-electron chi connectivity index (χ2n) is 5.24. The minimum Gasteiger partial charge on any atom is -0.480 e. The van der Waals surface area contributed by atoms with E-state index in [0.717, 1.165) is 29.2 Å². The number of nitrogens with zero attached hydrogens (tertiary/aromatic N) is 1. The summed E-state index contributed by atoms with van der Waals surface area (Å²) < 4.78 is 13.0. The molecule has 23 heavy (non-hydrogen) atoms. The predicted octanol–water partition coefficient (Wildman–Crippen LogP) is 1.42. The largest absolute Gasteiger partial charge is 0.480 e. The van der Waals surface area contributed by atoms with Gasteiger partial charge in [0.1, 0.15) is 5.82 Å². The number of carbonyl (C=O) groups excluding carboxylic acids is 2. The van der Waals surface area contributed by atoms with E-state index in [1.54, 1.807) is 0 Å². The summed E-state index contributed by atoms with van der Waals surface area (Å²) in [6.45, 7) is -0.416. The highest BCUT2D eigenvalue weighted by Crippen LogP contribution is 2.33. The molecule has 1 aliphatic rings. The van der Waals surface area contributed by atoms with E-state index in [0.29, 0.717) is 0 Å². The molecule has 0 spiro atoms. The van der Waals surface area contributed by atoms with Crippen LogP contribution in [-0.4, -0.2) is 51.8 Å². The van der Waals surface area contributed by atoms with Crippen molar-refractivity contribution in [1.29, 1.82) is 0 Å². The molecule has 0 saturated carbocycles. The Morgan fingerprint density at radius 2 is 1.70 bits per heavy atom. The lowest BCUT2D eigenvalue weighted by Gasteiger charge is -2.25. The SMILES string of the molecule is O=C(O)N1CCC(=O)C(C(=O)O)(C(=O)c2ccc(F)cc2)CC1. The van der Waals surface area contributed by atoms with Crippen molar-refractivity contribution in [1.82, 2.24) is 4.90 Å². The third-order valence-corrected chi connectivity index (χ3v) is 3.97. The van der Waals surface area contributed by atoms with Crippen LogP contribution in [0.25, 0.3) is 0 Å². The molecule has 1 atom stereocenters. The van der Waals surface area contributed by atoms with Gasteiger partial charge in [0.05, 0.1) is 0 Å². The molecule has 1 aromatic rings. The molecule has 0 aromatic heterocycles. The van der Waals surface area contributed by atoms with E-state index in [1.807, 2.05) is 0 Å². The molecular formula is C15H14FNO6. The highest BCUT2D eigenvalue weighted by Gasteiger charge is 2.53. The molecule has 7 nitrogen and oxygen atoms in total. The first-order valence-electron chi connectivity index (χ1n) is 6.84. The number of carbonyl (C=O) groups is 4. The number of hydrogen-bond donors (Lipinski definition) is 2. The van der Waals surface area contributed by atoms with Crippen molar-refractivity contribution in [3.8, 4) is 0 Å². The molecule has 1 saturated heterocycles. The minimum absolute atomic E-state index is 0.106. The van der Waals surface area contributed by atoms with Gasteiger partial charge in [0.25, 0.3) is 0 Å². The average molecular weight is 323 g/mol. The van der Waals surface area contributed by atoms with Gasteiger partial charge in [-0.15, -0.1) is 0 Å². The fraction of sp³-hybridized carbons (Fsp3) is 0.333. The van der Waals surface area contributed by atoms with Crippen molar-refractivity contribution in [3.05, 3.63) is 35.6 Å². The van der Waals surface area contributed by atoms with Crippen molar-refractivity contribution in [2.75, 3.05) is 13.1 Å². The van der Waals surface area contributed by atoms with Crippen LogP contribution in [0.15, 0.2) is 24.3 Å². The lowest BCUT2D eigenvalue weighted by molar-refractivity contribution is -0.151. The predicted molar refractivity (Wildman–Crippen MR) is 74.6 cm³/mol. The monoisotopic (exact) mass is 323 g/mol. The van der Waals surface area contributed by atoms with Crippen LogP contribution in [0.5, 0.6) is 0 Å². The summed E-state index contributed by atoms with van der Waals surface area (Å²) >= 11 is 0. The number of carboxylic acid groups (broad SMARTS) is 2. The van der Waals surface area contributed by atoms with Crippen molar-refractivity contribution < 1.29 is 33.8 Å². The van der Waals surface area contributed by atoms with E-state index >= 15 is 0 Å². The quantitative estimate of drug-likeness (QED) is 0.643.